The first-order valence-corrected chi connectivity index (χ1v) is 7.66. The second-order valence-corrected chi connectivity index (χ2v) is 5.37. The maximum absolute atomic E-state index is 12.6. The lowest BCUT2D eigenvalue weighted by molar-refractivity contribution is 0.0883. The smallest absolute Gasteiger partial charge is 0.168 e. The van der Waals surface area contributed by atoms with Crippen molar-refractivity contribution in [1.29, 1.82) is 0 Å². The van der Waals surface area contributed by atoms with Crippen LogP contribution in [0.1, 0.15) is 57.0 Å². The van der Waals surface area contributed by atoms with E-state index in [1.165, 1.54) is 5.56 Å². The van der Waals surface area contributed by atoms with Crippen LogP contribution in [0.25, 0.3) is 10.9 Å². The van der Waals surface area contributed by atoms with Gasteiger partial charge in [-0.2, -0.15) is 0 Å². The summed E-state index contributed by atoms with van der Waals surface area (Å²) in [5.74, 6) is 0.770. The van der Waals surface area contributed by atoms with Gasteiger partial charge in [0.1, 0.15) is 0 Å². The molecule has 1 aromatic heterocycles. The number of aromatic amines is 1. The third-order valence-electron chi connectivity index (χ3n) is 3.68. The molecule has 0 aliphatic heterocycles. The molecular weight excluding hydrogens is 246 g/mol. The lowest BCUT2D eigenvalue weighted by atomic mass is 9.86. The van der Waals surface area contributed by atoms with E-state index in [1.54, 1.807) is 0 Å². The second-order valence-electron chi connectivity index (χ2n) is 5.37. The molecule has 0 radical (unpaired) electrons. The molecular formula is C18H27NO. The number of H-pyrrole nitrogens is 1. The largest absolute Gasteiger partial charge is 0.360 e. The van der Waals surface area contributed by atoms with Crippen molar-refractivity contribution >= 4 is 16.7 Å². The number of rotatable bonds is 4. The second kappa shape index (κ2) is 7.28. The van der Waals surface area contributed by atoms with Gasteiger partial charge in [0.2, 0.25) is 0 Å². The summed E-state index contributed by atoms with van der Waals surface area (Å²) in [4.78, 5) is 15.8. The minimum Gasteiger partial charge on any atom is -0.360 e. The van der Waals surface area contributed by atoms with Crippen molar-refractivity contribution in [1.82, 2.24) is 4.98 Å². The Morgan fingerprint density at radius 1 is 1.25 bits per heavy atom. The maximum Gasteiger partial charge on any atom is 0.168 e. The topological polar surface area (TPSA) is 32.9 Å². The van der Waals surface area contributed by atoms with E-state index in [1.807, 2.05) is 26.1 Å². The van der Waals surface area contributed by atoms with Gasteiger partial charge in [0, 0.05) is 28.6 Å². The molecule has 2 heteroatoms. The number of hydrogen-bond acceptors (Lipinski definition) is 1. The van der Waals surface area contributed by atoms with Crippen LogP contribution in [0.15, 0.2) is 24.4 Å². The third-order valence-corrected chi connectivity index (χ3v) is 3.68. The molecule has 1 N–H and O–H groups in total. The van der Waals surface area contributed by atoms with Crippen molar-refractivity contribution in [3.05, 3.63) is 35.5 Å². The highest BCUT2D eigenvalue weighted by Crippen LogP contribution is 2.26. The minimum absolute atomic E-state index is 0.115. The summed E-state index contributed by atoms with van der Waals surface area (Å²) in [6.07, 6.45) is 2.76. The van der Waals surface area contributed by atoms with Gasteiger partial charge in [-0.3, -0.25) is 4.79 Å². The van der Waals surface area contributed by atoms with Gasteiger partial charge < -0.3 is 4.98 Å². The zero-order valence-electron chi connectivity index (χ0n) is 13.6. The molecule has 0 saturated heterocycles. The van der Waals surface area contributed by atoms with E-state index in [0.717, 1.165) is 22.9 Å². The van der Waals surface area contributed by atoms with E-state index >= 15 is 0 Å². The fourth-order valence-corrected chi connectivity index (χ4v) is 2.60. The van der Waals surface area contributed by atoms with Gasteiger partial charge in [-0.1, -0.05) is 46.2 Å². The van der Waals surface area contributed by atoms with Gasteiger partial charge in [0.25, 0.3) is 0 Å². The van der Waals surface area contributed by atoms with Crippen LogP contribution in [0.4, 0.5) is 0 Å². The number of fused-ring (bicyclic) bond motifs is 1. The number of carbonyl (C=O) groups excluding carboxylic acids is 1. The Bertz CT molecular complexity index is 566. The Morgan fingerprint density at radius 2 is 1.90 bits per heavy atom. The minimum atomic E-state index is 0.115. The number of carbonyl (C=O) groups is 1. The fourth-order valence-electron chi connectivity index (χ4n) is 2.60. The van der Waals surface area contributed by atoms with Crippen molar-refractivity contribution in [2.45, 2.75) is 48.0 Å². The average molecular weight is 273 g/mol. The normalized spacial score (nSPS) is 12.2. The predicted octanol–water partition coefficient (Wildman–Crippen LogP) is 5.37. The summed E-state index contributed by atoms with van der Waals surface area (Å²) in [6.45, 7) is 12.4. The van der Waals surface area contributed by atoms with Crippen LogP contribution in [0, 0.1) is 18.8 Å². The van der Waals surface area contributed by atoms with E-state index in [2.05, 4.69) is 44.8 Å². The SMILES string of the molecule is CC.CCC(C(=O)c1c[nH]c2ccc(C)cc12)C(C)C. The average Bonchev–Trinajstić information content (AvgIpc) is 2.84. The van der Waals surface area contributed by atoms with Gasteiger partial charge in [-0.05, 0) is 31.4 Å². The highest BCUT2D eigenvalue weighted by Gasteiger charge is 2.23. The predicted molar refractivity (Wildman–Crippen MR) is 87.3 cm³/mol. The fraction of sp³-hybridized carbons (Fsp3) is 0.500. The number of ketones is 1. The summed E-state index contributed by atoms with van der Waals surface area (Å²) in [5.41, 5.74) is 3.07. The summed E-state index contributed by atoms with van der Waals surface area (Å²) < 4.78 is 0. The lowest BCUT2D eigenvalue weighted by Crippen LogP contribution is -2.19. The van der Waals surface area contributed by atoms with Gasteiger partial charge in [0.15, 0.2) is 5.78 Å². The lowest BCUT2D eigenvalue weighted by Gasteiger charge is -2.17. The number of hydrogen-bond donors (Lipinski definition) is 1. The summed E-state index contributed by atoms with van der Waals surface area (Å²) in [7, 11) is 0. The van der Waals surface area contributed by atoms with Crippen LogP contribution in [0.5, 0.6) is 0 Å². The van der Waals surface area contributed by atoms with Gasteiger partial charge >= 0.3 is 0 Å². The number of nitrogens with one attached hydrogen (secondary N) is 1. The zero-order chi connectivity index (χ0) is 15.3. The summed E-state index contributed by atoms with van der Waals surface area (Å²) in [6, 6.07) is 6.19. The first-order valence-electron chi connectivity index (χ1n) is 7.66. The first kappa shape index (κ1) is 16.5. The van der Waals surface area contributed by atoms with Crippen LogP contribution in [-0.4, -0.2) is 10.8 Å². The van der Waals surface area contributed by atoms with Gasteiger partial charge in [0.05, 0.1) is 0 Å². The van der Waals surface area contributed by atoms with E-state index in [4.69, 9.17) is 0 Å². The van der Waals surface area contributed by atoms with E-state index in [0.29, 0.717) is 5.92 Å². The van der Waals surface area contributed by atoms with Crippen molar-refractivity contribution in [3.63, 3.8) is 0 Å². The monoisotopic (exact) mass is 273 g/mol. The highest BCUT2D eigenvalue weighted by atomic mass is 16.1. The molecule has 2 aromatic rings. The molecule has 1 unspecified atom stereocenters. The Morgan fingerprint density at radius 3 is 2.45 bits per heavy atom. The van der Waals surface area contributed by atoms with Crippen LogP contribution in [0.3, 0.4) is 0 Å². The van der Waals surface area contributed by atoms with Crippen LogP contribution < -0.4 is 0 Å². The molecule has 1 atom stereocenters. The molecule has 2 nitrogen and oxygen atoms in total. The standard InChI is InChI=1S/C16H21NO.C2H6/c1-5-12(10(2)3)16(18)14-9-17-15-7-6-11(4)8-13(14)15;1-2/h6-10,12,17H,5H2,1-4H3;1-2H3. The van der Waals surface area contributed by atoms with E-state index in [9.17, 15) is 4.79 Å². The van der Waals surface area contributed by atoms with Crippen LogP contribution in [0.2, 0.25) is 0 Å². The molecule has 0 saturated carbocycles. The molecule has 0 amide bonds. The molecule has 110 valence electrons. The Hall–Kier alpha value is -1.57. The Balaban J connectivity index is 0.000000956. The Kier molecular flexibility index (Phi) is 6.00. The van der Waals surface area contributed by atoms with Crippen molar-refractivity contribution in [2.75, 3.05) is 0 Å². The van der Waals surface area contributed by atoms with Crippen molar-refractivity contribution in [2.24, 2.45) is 11.8 Å². The quantitative estimate of drug-likeness (QED) is 0.746. The molecule has 1 heterocycles. The molecule has 0 aliphatic carbocycles. The molecule has 0 spiro atoms. The van der Waals surface area contributed by atoms with Crippen molar-refractivity contribution in [3.8, 4) is 0 Å². The Labute approximate surface area is 122 Å². The number of aryl methyl sites for hydroxylation is 1. The zero-order valence-corrected chi connectivity index (χ0v) is 13.6. The molecule has 0 aliphatic rings. The maximum atomic E-state index is 12.6. The number of aromatic nitrogens is 1. The third kappa shape index (κ3) is 3.30. The number of benzene rings is 1. The molecule has 20 heavy (non-hydrogen) atoms. The van der Waals surface area contributed by atoms with Crippen molar-refractivity contribution < 1.29 is 4.79 Å². The first-order chi connectivity index (χ1) is 9.54. The summed E-state index contributed by atoms with van der Waals surface area (Å²) in [5, 5.41) is 1.05. The summed E-state index contributed by atoms with van der Waals surface area (Å²) >= 11 is 0. The highest BCUT2D eigenvalue weighted by molar-refractivity contribution is 6.09. The molecule has 1 aromatic carbocycles. The van der Waals surface area contributed by atoms with E-state index < -0.39 is 0 Å². The van der Waals surface area contributed by atoms with Crippen LogP contribution in [-0.2, 0) is 0 Å². The molecule has 2 rings (SSSR count). The molecule has 0 fully saturated rings. The van der Waals surface area contributed by atoms with Gasteiger partial charge in [-0.25, -0.2) is 0 Å². The van der Waals surface area contributed by atoms with Crippen LogP contribution >= 0.6 is 0 Å². The molecule has 0 bridgehead atoms. The van der Waals surface area contributed by atoms with E-state index in [-0.39, 0.29) is 11.7 Å². The van der Waals surface area contributed by atoms with Gasteiger partial charge in [-0.15, -0.1) is 0 Å². The number of Topliss-reactive ketones (excluding diaryl/α,β-unsaturated/α-hetero) is 1.